The molecule has 5 nitrogen and oxygen atoms in total. The SMILES string of the molecule is CC(C)CC(=O)NCCNC(=O)CCCOc1ccccc1Cl. The summed E-state index contributed by atoms with van der Waals surface area (Å²) >= 11 is 5.97. The maximum atomic E-state index is 11.6. The van der Waals surface area contributed by atoms with Gasteiger partial charge in [0.05, 0.1) is 11.6 Å². The van der Waals surface area contributed by atoms with Crippen LogP contribution in [-0.2, 0) is 9.59 Å². The van der Waals surface area contributed by atoms with Crippen molar-refractivity contribution >= 4 is 23.4 Å². The van der Waals surface area contributed by atoms with Gasteiger partial charge in [-0.2, -0.15) is 0 Å². The van der Waals surface area contributed by atoms with Crippen LogP contribution in [0.3, 0.4) is 0 Å². The molecule has 0 aliphatic heterocycles. The third kappa shape index (κ3) is 9.08. The van der Waals surface area contributed by atoms with Gasteiger partial charge in [0.2, 0.25) is 11.8 Å². The largest absolute Gasteiger partial charge is 0.492 e. The quantitative estimate of drug-likeness (QED) is 0.643. The molecule has 1 aromatic rings. The Balaban J connectivity index is 2.04. The highest BCUT2D eigenvalue weighted by Crippen LogP contribution is 2.23. The lowest BCUT2D eigenvalue weighted by atomic mass is 10.1. The minimum atomic E-state index is -0.0501. The third-order valence-corrected chi connectivity index (χ3v) is 3.32. The van der Waals surface area contributed by atoms with Crippen LogP contribution in [0.5, 0.6) is 5.75 Å². The Kier molecular flexibility index (Phi) is 9.14. The van der Waals surface area contributed by atoms with Crippen LogP contribution in [0.1, 0.15) is 33.1 Å². The Morgan fingerprint density at radius 2 is 1.78 bits per heavy atom. The molecule has 6 heteroatoms. The Bertz CT molecular complexity index is 506. The average Bonchev–Trinajstić information content (AvgIpc) is 2.49. The first-order valence-corrected chi connectivity index (χ1v) is 8.27. The van der Waals surface area contributed by atoms with Crippen LogP contribution in [0.2, 0.25) is 5.02 Å². The molecule has 0 heterocycles. The molecule has 0 aromatic heterocycles. The predicted molar refractivity (Wildman–Crippen MR) is 91.7 cm³/mol. The normalized spacial score (nSPS) is 10.4. The number of amides is 2. The van der Waals surface area contributed by atoms with Crippen LogP contribution in [-0.4, -0.2) is 31.5 Å². The van der Waals surface area contributed by atoms with E-state index in [0.29, 0.717) is 55.6 Å². The van der Waals surface area contributed by atoms with Gasteiger partial charge in [-0.05, 0) is 24.5 Å². The van der Waals surface area contributed by atoms with Gasteiger partial charge in [0.25, 0.3) is 0 Å². The fraction of sp³-hybridized carbons (Fsp3) is 0.529. The Morgan fingerprint density at radius 3 is 2.43 bits per heavy atom. The van der Waals surface area contributed by atoms with Crippen molar-refractivity contribution in [2.24, 2.45) is 5.92 Å². The fourth-order valence-corrected chi connectivity index (χ4v) is 2.10. The molecule has 128 valence electrons. The first-order valence-electron chi connectivity index (χ1n) is 7.89. The molecular formula is C17H25ClN2O3. The molecular weight excluding hydrogens is 316 g/mol. The van der Waals surface area contributed by atoms with Crippen LogP contribution < -0.4 is 15.4 Å². The van der Waals surface area contributed by atoms with Gasteiger partial charge in [0, 0.05) is 25.9 Å². The second kappa shape index (κ2) is 10.9. The van der Waals surface area contributed by atoms with Crippen molar-refractivity contribution in [3.05, 3.63) is 29.3 Å². The molecule has 23 heavy (non-hydrogen) atoms. The minimum absolute atomic E-state index is 0.0161. The van der Waals surface area contributed by atoms with E-state index in [-0.39, 0.29) is 11.8 Å². The number of ether oxygens (including phenoxy) is 1. The van der Waals surface area contributed by atoms with Crippen LogP contribution in [0.4, 0.5) is 0 Å². The van der Waals surface area contributed by atoms with E-state index in [9.17, 15) is 9.59 Å². The summed E-state index contributed by atoms with van der Waals surface area (Å²) in [5.74, 6) is 0.929. The highest BCUT2D eigenvalue weighted by molar-refractivity contribution is 6.32. The van der Waals surface area contributed by atoms with Gasteiger partial charge in [-0.3, -0.25) is 9.59 Å². The fourth-order valence-electron chi connectivity index (χ4n) is 1.91. The van der Waals surface area contributed by atoms with Crippen LogP contribution in [0.25, 0.3) is 0 Å². The van der Waals surface area contributed by atoms with Gasteiger partial charge in [-0.25, -0.2) is 0 Å². The summed E-state index contributed by atoms with van der Waals surface area (Å²) in [5.41, 5.74) is 0. The van der Waals surface area contributed by atoms with Crippen LogP contribution >= 0.6 is 11.6 Å². The van der Waals surface area contributed by atoms with Crippen molar-refractivity contribution in [1.82, 2.24) is 10.6 Å². The first-order chi connectivity index (χ1) is 11.0. The number of nitrogens with one attached hydrogen (secondary N) is 2. The monoisotopic (exact) mass is 340 g/mol. The third-order valence-electron chi connectivity index (χ3n) is 3.01. The average molecular weight is 341 g/mol. The minimum Gasteiger partial charge on any atom is -0.492 e. The standard InChI is InChI=1S/C17H25ClN2O3/c1-13(2)12-17(22)20-10-9-19-16(21)8-5-11-23-15-7-4-3-6-14(15)18/h3-4,6-7,13H,5,8-12H2,1-2H3,(H,19,21)(H,20,22). The molecule has 0 unspecified atom stereocenters. The maximum Gasteiger partial charge on any atom is 0.220 e. The van der Waals surface area contributed by atoms with E-state index in [1.165, 1.54) is 0 Å². The van der Waals surface area contributed by atoms with Crippen molar-refractivity contribution < 1.29 is 14.3 Å². The van der Waals surface area contributed by atoms with E-state index in [0.717, 1.165) is 0 Å². The molecule has 0 spiro atoms. The summed E-state index contributed by atoms with van der Waals surface area (Å²) in [7, 11) is 0. The van der Waals surface area contributed by atoms with Gasteiger partial charge in [0.15, 0.2) is 0 Å². The van der Waals surface area contributed by atoms with Gasteiger partial charge in [0.1, 0.15) is 5.75 Å². The van der Waals surface area contributed by atoms with E-state index in [2.05, 4.69) is 10.6 Å². The second-order valence-corrected chi connectivity index (χ2v) is 6.09. The summed E-state index contributed by atoms with van der Waals surface area (Å²) in [6.45, 7) is 5.31. The van der Waals surface area contributed by atoms with Gasteiger partial charge < -0.3 is 15.4 Å². The lowest BCUT2D eigenvalue weighted by Crippen LogP contribution is -2.35. The zero-order valence-corrected chi connectivity index (χ0v) is 14.5. The molecule has 0 radical (unpaired) electrons. The van der Waals surface area contributed by atoms with E-state index in [1.54, 1.807) is 12.1 Å². The molecule has 0 fully saturated rings. The number of carbonyl (C=O) groups excluding carboxylic acids is 2. The number of benzene rings is 1. The lowest BCUT2D eigenvalue weighted by Gasteiger charge is -2.09. The molecule has 1 rings (SSSR count). The Morgan fingerprint density at radius 1 is 1.13 bits per heavy atom. The predicted octanol–water partition coefficient (Wildman–Crippen LogP) is 2.78. The molecule has 1 aromatic carbocycles. The maximum absolute atomic E-state index is 11.6. The number of hydrogen-bond donors (Lipinski definition) is 2. The van der Waals surface area contributed by atoms with Crippen molar-refractivity contribution in [3.63, 3.8) is 0 Å². The number of carbonyl (C=O) groups is 2. The van der Waals surface area contributed by atoms with E-state index >= 15 is 0 Å². The molecule has 0 atom stereocenters. The van der Waals surface area contributed by atoms with Crippen LogP contribution in [0.15, 0.2) is 24.3 Å². The molecule has 0 aliphatic rings. The number of para-hydroxylation sites is 1. The first kappa shape index (κ1) is 19.3. The number of rotatable bonds is 10. The van der Waals surface area contributed by atoms with Gasteiger partial charge >= 0.3 is 0 Å². The lowest BCUT2D eigenvalue weighted by molar-refractivity contribution is -0.123. The highest BCUT2D eigenvalue weighted by Gasteiger charge is 2.05. The second-order valence-electron chi connectivity index (χ2n) is 5.68. The molecule has 0 saturated carbocycles. The molecule has 2 N–H and O–H groups in total. The number of halogens is 1. The summed E-state index contributed by atoms with van der Waals surface area (Å²) in [6.07, 6.45) is 1.49. The number of hydrogen-bond acceptors (Lipinski definition) is 3. The molecule has 0 saturated heterocycles. The summed E-state index contributed by atoms with van der Waals surface area (Å²) in [4.78, 5) is 23.1. The molecule has 2 amide bonds. The topological polar surface area (TPSA) is 67.4 Å². The summed E-state index contributed by atoms with van der Waals surface area (Å²) in [5, 5.41) is 6.10. The van der Waals surface area contributed by atoms with Gasteiger partial charge in [-0.1, -0.05) is 37.6 Å². The molecule has 0 bridgehead atoms. The van der Waals surface area contributed by atoms with Gasteiger partial charge in [-0.15, -0.1) is 0 Å². The van der Waals surface area contributed by atoms with E-state index in [4.69, 9.17) is 16.3 Å². The smallest absolute Gasteiger partial charge is 0.220 e. The Hall–Kier alpha value is -1.75. The summed E-state index contributed by atoms with van der Waals surface area (Å²) < 4.78 is 5.51. The summed E-state index contributed by atoms with van der Waals surface area (Å²) in [6, 6.07) is 7.24. The zero-order chi connectivity index (χ0) is 17.1. The highest BCUT2D eigenvalue weighted by atomic mass is 35.5. The van der Waals surface area contributed by atoms with Crippen molar-refractivity contribution in [2.45, 2.75) is 33.1 Å². The molecule has 0 aliphatic carbocycles. The van der Waals surface area contributed by atoms with Crippen molar-refractivity contribution in [3.8, 4) is 5.75 Å². The van der Waals surface area contributed by atoms with Crippen LogP contribution in [0, 0.1) is 5.92 Å². The van der Waals surface area contributed by atoms with Crippen molar-refractivity contribution in [1.29, 1.82) is 0 Å². The Labute approximate surface area is 142 Å². The van der Waals surface area contributed by atoms with E-state index < -0.39 is 0 Å². The van der Waals surface area contributed by atoms with E-state index in [1.807, 2.05) is 26.0 Å². The van der Waals surface area contributed by atoms with Crippen molar-refractivity contribution in [2.75, 3.05) is 19.7 Å². The zero-order valence-electron chi connectivity index (χ0n) is 13.7.